The first-order valence-electron chi connectivity index (χ1n) is 7.32. The molecular formula is C17H17N5O2. The average molecular weight is 323 g/mol. The fraction of sp³-hybridized carbons (Fsp3) is 0.118. The van der Waals surface area contributed by atoms with Crippen LogP contribution >= 0.6 is 0 Å². The number of benzene rings is 1. The van der Waals surface area contributed by atoms with Gasteiger partial charge in [0.25, 0.3) is 5.91 Å². The lowest BCUT2D eigenvalue weighted by Gasteiger charge is -2.00. The molecule has 2 aromatic heterocycles. The van der Waals surface area contributed by atoms with Crippen LogP contribution < -0.4 is 10.2 Å². The molecule has 3 rings (SSSR count). The van der Waals surface area contributed by atoms with Gasteiger partial charge in [-0.05, 0) is 42.5 Å². The fourth-order valence-electron chi connectivity index (χ4n) is 2.17. The number of ether oxygens (including phenoxy) is 1. The van der Waals surface area contributed by atoms with Gasteiger partial charge in [0.05, 0.1) is 24.7 Å². The standard InChI is InChI=1S/C17H17N5O2/c1-22-9-3-4-13(22)11-18-21-17(23)16-10-15(19-20-16)12-5-7-14(24-2)8-6-12/h3-11H,1-2H3,(H,19,20)(H,21,23)/b18-11+. The number of hydrogen-bond acceptors (Lipinski definition) is 4. The van der Waals surface area contributed by atoms with E-state index in [1.807, 2.05) is 54.2 Å². The highest BCUT2D eigenvalue weighted by atomic mass is 16.5. The SMILES string of the molecule is COc1ccc(-c2cc(C(=O)N/N=C/c3cccn3C)[nH]n2)cc1. The molecule has 0 spiro atoms. The molecule has 122 valence electrons. The maximum atomic E-state index is 12.1. The van der Waals surface area contributed by atoms with Crippen LogP contribution in [0.15, 0.2) is 53.8 Å². The van der Waals surface area contributed by atoms with E-state index in [9.17, 15) is 4.79 Å². The number of methoxy groups -OCH3 is 1. The summed E-state index contributed by atoms with van der Waals surface area (Å²) in [6.45, 7) is 0. The fourth-order valence-corrected chi connectivity index (χ4v) is 2.17. The summed E-state index contributed by atoms with van der Waals surface area (Å²) < 4.78 is 7.02. The number of hydrogen-bond donors (Lipinski definition) is 2. The molecule has 0 unspecified atom stereocenters. The lowest BCUT2D eigenvalue weighted by atomic mass is 10.1. The Morgan fingerprint density at radius 1 is 1.33 bits per heavy atom. The molecule has 0 radical (unpaired) electrons. The first kappa shape index (κ1) is 15.5. The molecule has 0 atom stereocenters. The van der Waals surface area contributed by atoms with Crippen molar-refractivity contribution in [2.45, 2.75) is 0 Å². The maximum absolute atomic E-state index is 12.1. The summed E-state index contributed by atoms with van der Waals surface area (Å²) in [4.78, 5) is 12.1. The smallest absolute Gasteiger partial charge is 0.289 e. The lowest BCUT2D eigenvalue weighted by molar-refractivity contribution is 0.0950. The molecule has 7 heteroatoms. The van der Waals surface area contributed by atoms with Crippen LogP contribution in [0.4, 0.5) is 0 Å². The second-order valence-electron chi connectivity index (χ2n) is 5.14. The summed E-state index contributed by atoms with van der Waals surface area (Å²) in [5.74, 6) is 0.412. The monoisotopic (exact) mass is 323 g/mol. The Labute approximate surface area is 139 Å². The Balaban J connectivity index is 1.67. The van der Waals surface area contributed by atoms with E-state index in [1.165, 1.54) is 0 Å². The van der Waals surface area contributed by atoms with Crippen LogP contribution in [-0.4, -0.2) is 34.0 Å². The number of hydrazone groups is 1. The third kappa shape index (κ3) is 3.35. The van der Waals surface area contributed by atoms with Gasteiger partial charge in [-0.3, -0.25) is 9.89 Å². The second-order valence-corrected chi connectivity index (χ2v) is 5.14. The zero-order valence-corrected chi connectivity index (χ0v) is 13.4. The molecule has 0 saturated carbocycles. The highest BCUT2D eigenvalue weighted by Crippen LogP contribution is 2.21. The van der Waals surface area contributed by atoms with E-state index in [0.29, 0.717) is 11.4 Å². The second kappa shape index (κ2) is 6.82. The van der Waals surface area contributed by atoms with Crippen LogP contribution in [0.2, 0.25) is 0 Å². The average Bonchev–Trinajstić information content (AvgIpc) is 3.25. The van der Waals surface area contributed by atoms with Crippen molar-refractivity contribution in [3.05, 3.63) is 60.0 Å². The molecule has 2 N–H and O–H groups in total. The van der Waals surface area contributed by atoms with Crippen LogP contribution in [0.5, 0.6) is 5.75 Å². The van der Waals surface area contributed by atoms with E-state index < -0.39 is 0 Å². The third-order valence-corrected chi connectivity index (χ3v) is 3.56. The van der Waals surface area contributed by atoms with Crippen molar-refractivity contribution in [1.29, 1.82) is 0 Å². The Kier molecular flexibility index (Phi) is 4.42. The Morgan fingerprint density at radius 2 is 2.12 bits per heavy atom. The van der Waals surface area contributed by atoms with Gasteiger partial charge in [-0.25, -0.2) is 5.43 Å². The Hall–Kier alpha value is -3.35. The number of amides is 1. The molecule has 0 fully saturated rings. The molecule has 1 aromatic carbocycles. The van der Waals surface area contributed by atoms with E-state index in [2.05, 4.69) is 20.7 Å². The first-order valence-corrected chi connectivity index (χ1v) is 7.32. The van der Waals surface area contributed by atoms with Gasteiger partial charge < -0.3 is 9.30 Å². The summed E-state index contributed by atoms with van der Waals surface area (Å²) in [6.07, 6.45) is 3.48. The number of carbonyl (C=O) groups excluding carboxylic acids is 1. The summed E-state index contributed by atoms with van der Waals surface area (Å²) >= 11 is 0. The normalized spacial score (nSPS) is 10.9. The molecule has 0 aliphatic carbocycles. The summed E-state index contributed by atoms with van der Waals surface area (Å²) in [5.41, 5.74) is 5.26. The third-order valence-electron chi connectivity index (χ3n) is 3.56. The topological polar surface area (TPSA) is 84.3 Å². The van der Waals surface area contributed by atoms with Crippen LogP contribution in [0, 0.1) is 0 Å². The zero-order valence-electron chi connectivity index (χ0n) is 13.4. The molecule has 0 bridgehead atoms. The van der Waals surface area contributed by atoms with Gasteiger partial charge in [-0.1, -0.05) is 0 Å². The van der Waals surface area contributed by atoms with Crippen molar-refractivity contribution in [3.63, 3.8) is 0 Å². The highest BCUT2D eigenvalue weighted by Gasteiger charge is 2.10. The van der Waals surface area contributed by atoms with E-state index in [4.69, 9.17) is 4.74 Å². The number of rotatable bonds is 5. The highest BCUT2D eigenvalue weighted by molar-refractivity contribution is 5.94. The van der Waals surface area contributed by atoms with E-state index >= 15 is 0 Å². The quantitative estimate of drug-likeness (QED) is 0.557. The van der Waals surface area contributed by atoms with Crippen molar-refractivity contribution in [2.75, 3.05) is 7.11 Å². The number of H-pyrrole nitrogens is 1. The molecule has 3 aromatic rings. The molecule has 2 heterocycles. The minimum atomic E-state index is -0.354. The number of nitrogens with zero attached hydrogens (tertiary/aromatic N) is 3. The van der Waals surface area contributed by atoms with Crippen LogP contribution in [-0.2, 0) is 7.05 Å². The number of aromatic nitrogens is 3. The number of aromatic amines is 1. The Bertz CT molecular complexity index is 861. The van der Waals surface area contributed by atoms with Crippen molar-refractivity contribution in [3.8, 4) is 17.0 Å². The van der Waals surface area contributed by atoms with E-state index in [0.717, 1.165) is 17.0 Å². The molecule has 24 heavy (non-hydrogen) atoms. The molecule has 0 aliphatic heterocycles. The van der Waals surface area contributed by atoms with Gasteiger partial charge in [0.2, 0.25) is 0 Å². The molecule has 7 nitrogen and oxygen atoms in total. The van der Waals surface area contributed by atoms with Crippen molar-refractivity contribution in [2.24, 2.45) is 12.1 Å². The van der Waals surface area contributed by atoms with Gasteiger partial charge in [0.1, 0.15) is 11.4 Å². The number of nitrogens with one attached hydrogen (secondary N) is 2. The van der Waals surface area contributed by atoms with Crippen molar-refractivity contribution < 1.29 is 9.53 Å². The molecule has 1 amide bonds. The largest absolute Gasteiger partial charge is 0.497 e. The van der Waals surface area contributed by atoms with Gasteiger partial charge in [0.15, 0.2) is 0 Å². The van der Waals surface area contributed by atoms with Crippen molar-refractivity contribution >= 4 is 12.1 Å². The minimum absolute atomic E-state index is 0.338. The predicted octanol–water partition coefficient (Wildman–Crippen LogP) is 2.19. The van der Waals surface area contributed by atoms with Gasteiger partial charge in [-0.15, -0.1) is 0 Å². The van der Waals surface area contributed by atoms with Gasteiger partial charge in [0, 0.05) is 18.8 Å². The van der Waals surface area contributed by atoms with Gasteiger partial charge in [-0.2, -0.15) is 10.2 Å². The van der Waals surface area contributed by atoms with Gasteiger partial charge >= 0.3 is 0 Å². The number of carbonyl (C=O) groups is 1. The summed E-state index contributed by atoms with van der Waals surface area (Å²) in [5, 5.41) is 10.8. The maximum Gasteiger partial charge on any atom is 0.289 e. The number of aryl methyl sites for hydroxylation is 1. The zero-order chi connectivity index (χ0) is 16.9. The molecular weight excluding hydrogens is 306 g/mol. The van der Waals surface area contributed by atoms with Crippen molar-refractivity contribution in [1.82, 2.24) is 20.2 Å². The summed E-state index contributed by atoms with van der Waals surface area (Å²) in [7, 11) is 3.52. The van der Waals surface area contributed by atoms with E-state index in [-0.39, 0.29) is 5.91 Å². The Morgan fingerprint density at radius 3 is 2.79 bits per heavy atom. The van der Waals surface area contributed by atoms with Crippen LogP contribution in [0.25, 0.3) is 11.3 Å². The summed E-state index contributed by atoms with van der Waals surface area (Å²) in [6, 6.07) is 12.9. The van der Waals surface area contributed by atoms with Crippen LogP contribution in [0.3, 0.4) is 0 Å². The molecule has 0 aliphatic rings. The lowest BCUT2D eigenvalue weighted by Crippen LogP contribution is -2.18. The minimum Gasteiger partial charge on any atom is -0.497 e. The molecule has 0 saturated heterocycles. The predicted molar refractivity (Wildman–Crippen MR) is 91.0 cm³/mol. The van der Waals surface area contributed by atoms with Crippen LogP contribution in [0.1, 0.15) is 16.2 Å². The first-order chi connectivity index (χ1) is 11.7. The van der Waals surface area contributed by atoms with E-state index in [1.54, 1.807) is 19.4 Å².